The summed E-state index contributed by atoms with van der Waals surface area (Å²) in [5, 5.41) is 21.6. The van der Waals surface area contributed by atoms with E-state index in [4.69, 9.17) is 5.11 Å². The van der Waals surface area contributed by atoms with Crippen LogP contribution in [0.25, 0.3) is 11.2 Å². The van der Waals surface area contributed by atoms with E-state index in [0.29, 0.717) is 24.4 Å². The van der Waals surface area contributed by atoms with Crippen molar-refractivity contribution in [1.29, 1.82) is 0 Å². The van der Waals surface area contributed by atoms with Crippen molar-refractivity contribution in [2.24, 2.45) is 0 Å². The number of aromatic nitrogens is 4. The Morgan fingerprint density at radius 3 is 3.00 bits per heavy atom. The molecule has 0 aliphatic heterocycles. The Kier molecular flexibility index (Phi) is 3.21. The number of aromatic amines is 1. The Morgan fingerprint density at radius 2 is 2.24 bits per heavy atom. The van der Waals surface area contributed by atoms with Crippen LogP contribution in [0.1, 0.15) is 13.3 Å². The second kappa shape index (κ2) is 4.64. The van der Waals surface area contributed by atoms with Gasteiger partial charge < -0.3 is 20.5 Å². The van der Waals surface area contributed by atoms with Crippen LogP contribution in [0.3, 0.4) is 0 Å². The number of aliphatic hydroxyl groups excluding tert-OH is 1. The Bertz CT molecular complexity index is 496. The van der Waals surface area contributed by atoms with Gasteiger partial charge >= 0.3 is 0 Å². The van der Waals surface area contributed by atoms with Crippen molar-refractivity contribution in [2.75, 3.05) is 18.5 Å². The summed E-state index contributed by atoms with van der Waals surface area (Å²) in [6.07, 6.45) is 3.40. The summed E-state index contributed by atoms with van der Waals surface area (Å²) < 4.78 is 0. The number of aliphatic hydroxyl groups is 2. The second-order valence-electron chi connectivity index (χ2n) is 4.16. The van der Waals surface area contributed by atoms with E-state index in [0.717, 1.165) is 5.52 Å². The Balaban J connectivity index is 2.02. The van der Waals surface area contributed by atoms with E-state index >= 15 is 0 Å². The summed E-state index contributed by atoms with van der Waals surface area (Å²) in [5.41, 5.74) is 0.250. The molecule has 0 aromatic carbocycles. The zero-order chi connectivity index (χ0) is 12.3. The zero-order valence-electron chi connectivity index (χ0n) is 9.51. The van der Waals surface area contributed by atoms with Gasteiger partial charge in [0.05, 0.1) is 18.5 Å². The van der Waals surface area contributed by atoms with Crippen molar-refractivity contribution >= 4 is 17.0 Å². The molecule has 92 valence electrons. The SMILES string of the molecule is CC(O)(CO)CCNc1ncnc2nc[nH]c12. The van der Waals surface area contributed by atoms with E-state index in [9.17, 15) is 5.11 Å². The lowest BCUT2D eigenvalue weighted by atomic mass is 10.0. The molecule has 0 radical (unpaired) electrons. The molecule has 7 heteroatoms. The minimum Gasteiger partial charge on any atom is -0.393 e. The number of fused-ring (bicyclic) bond motifs is 1. The van der Waals surface area contributed by atoms with Crippen molar-refractivity contribution in [3.8, 4) is 0 Å². The fourth-order valence-corrected chi connectivity index (χ4v) is 1.43. The van der Waals surface area contributed by atoms with Crippen LogP contribution in [-0.4, -0.2) is 48.9 Å². The number of H-pyrrole nitrogens is 1. The molecule has 2 rings (SSSR count). The van der Waals surface area contributed by atoms with Crippen LogP contribution in [0.4, 0.5) is 5.82 Å². The molecule has 7 nitrogen and oxygen atoms in total. The van der Waals surface area contributed by atoms with Gasteiger partial charge in [-0.15, -0.1) is 0 Å². The molecule has 0 aliphatic carbocycles. The van der Waals surface area contributed by atoms with Gasteiger partial charge in [0.1, 0.15) is 11.8 Å². The van der Waals surface area contributed by atoms with Gasteiger partial charge in [-0.25, -0.2) is 15.0 Å². The third-order valence-electron chi connectivity index (χ3n) is 2.52. The van der Waals surface area contributed by atoms with Gasteiger partial charge in [-0.05, 0) is 13.3 Å². The van der Waals surface area contributed by atoms with Gasteiger partial charge in [0.2, 0.25) is 0 Å². The topological polar surface area (TPSA) is 107 Å². The predicted octanol–water partition coefficient (Wildman–Crippen LogP) is -0.102. The van der Waals surface area contributed by atoms with E-state index in [2.05, 4.69) is 25.3 Å². The number of nitrogens with zero attached hydrogens (tertiary/aromatic N) is 3. The predicted molar refractivity (Wildman–Crippen MR) is 62.5 cm³/mol. The summed E-state index contributed by atoms with van der Waals surface area (Å²) in [6.45, 7) is 1.82. The molecule has 2 aromatic heterocycles. The highest BCUT2D eigenvalue weighted by atomic mass is 16.3. The molecule has 0 fully saturated rings. The molecule has 0 saturated carbocycles. The van der Waals surface area contributed by atoms with Crippen molar-refractivity contribution < 1.29 is 10.2 Å². The van der Waals surface area contributed by atoms with Crippen LogP contribution >= 0.6 is 0 Å². The molecule has 1 atom stereocenters. The molecule has 0 amide bonds. The minimum absolute atomic E-state index is 0.266. The van der Waals surface area contributed by atoms with Crippen LogP contribution in [0.2, 0.25) is 0 Å². The van der Waals surface area contributed by atoms with Gasteiger partial charge in [0.25, 0.3) is 0 Å². The molecule has 17 heavy (non-hydrogen) atoms. The summed E-state index contributed by atoms with van der Waals surface area (Å²) in [4.78, 5) is 15.0. The summed E-state index contributed by atoms with van der Waals surface area (Å²) >= 11 is 0. The van der Waals surface area contributed by atoms with Gasteiger partial charge in [-0.1, -0.05) is 0 Å². The number of nitrogens with one attached hydrogen (secondary N) is 2. The van der Waals surface area contributed by atoms with Crippen LogP contribution in [0.5, 0.6) is 0 Å². The normalized spacial score (nSPS) is 14.8. The molecular weight excluding hydrogens is 222 g/mol. The van der Waals surface area contributed by atoms with E-state index < -0.39 is 5.60 Å². The maximum Gasteiger partial charge on any atom is 0.182 e. The summed E-state index contributed by atoms with van der Waals surface area (Å²) in [7, 11) is 0. The van der Waals surface area contributed by atoms with Gasteiger partial charge in [-0.2, -0.15) is 0 Å². The second-order valence-corrected chi connectivity index (χ2v) is 4.16. The highest BCUT2D eigenvalue weighted by Gasteiger charge is 2.18. The number of imidazole rings is 1. The van der Waals surface area contributed by atoms with Gasteiger partial charge in [0.15, 0.2) is 11.5 Å². The van der Waals surface area contributed by atoms with Crippen LogP contribution < -0.4 is 5.32 Å². The standard InChI is InChI=1S/C10H15N5O2/c1-10(17,4-16)2-3-11-8-7-9(13-5-12-7)15-6-14-8/h5-6,16-17H,2-4H2,1H3,(H2,11,12,13,14,15). The number of rotatable bonds is 5. The van der Waals surface area contributed by atoms with Gasteiger partial charge in [0, 0.05) is 6.54 Å². The first kappa shape index (κ1) is 11.7. The molecule has 2 heterocycles. The molecule has 1 unspecified atom stereocenters. The van der Waals surface area contributed by atoms with E-state index in [1.807, 2.05) is 0 Å². The average Bonchev–Trinajstić information content (AvgIpc) is 2.78. The minimum atomic E-state index is -1.08. The molecule has 0 saturated heterocycles. The molecule has 0 spiro atoms. The first-order valence-corrected chi connectivity index (χ1v) is 5.33. The van der Waals surface area contributed by atoms with E-state index in [-0.39, 0.29) is 6.61 Å². The highest BCUT2D eigenvalue weighted by Crippen LogP contribution is 2.15. The average molecular weight is 237 g/mol. The third-order valence-corrected chi connectivity index (χ3v) is 2.52. The van der Waals surface area contributed by atoms with Crippen LogP contribution in [0, 0.1) is 0 Å². The van der Waals surface area contributed by atoms with Gasteiger partial charge in [-0.3, -0.25) is 0 Å². The van der Waals surface area contributed by atoms with E-state index in [1.54, 1.807) is 13.3 Å². The molecule has 0 aliphatic rings. The zero-order valence-corrected chi connectivity index (χ0v) is 9.51. The molecule has 0 bridgehead atoms. The maximum absolute atomic E-state index is 9.63. The lowest BCUT2D eigenvalue weighted by Gasteiger charge is -2.20. The summed E-state index contributed by atoms with van der Waals surface area (Å²) in [6, 6.07) is 0. The maximum atomic E-state index is 9.63. The summed E-state index contributed by atoms with van der Waals surface area (Å²) in [5.74, 6) is 0.640. The lowest BCUT2D eigenvalue weighted by Crippen LogP contribution is -2.31. The third kappa shape index (κ3) is 2.69. The lowest BCUT2D eigenvalue weighted by molar-refractivity contribution is -0.00218. The number of anilines is 1. The Hall–Kier alpha value is -1.73. The Morgan fingerprint density at radius 1 is 1.41 bits per heavy atom. The number of hydrogen-bond acceptors (Lipinski definition) is 6. The first-order valence-electron chi connectivity index (χ1n) is 5.33. The van der Waals surface area contributed by atoms with Crippen molar-refractivity contribution in [3.05, 3.63) is 12.7 Å². The van der Waals surface area contributed by atoms with Crippen LogP contribution in [0.15, 0.2) is 12.7 Å². The van der Waals surface area contributed by atoms with Crippen molar-refractivity contribution in [3.63, 3.8) is 0 Å². The van der Waals surface area contributed by atoms with E-state index in [1.165, 1.54) is 6.33 Å². The molecule has 2 aromatic rings. The quantitative estimate of drug-likeness (QED) is 0.578. The highest BCUT2D eigenvalue weighted by molar-refractivity contribution is 5.81. The fraction of sp³-hybridized carbons (Fsp3) is 0.500. The van der Waals surface area contributed by atoms with Crippen molar-refractivity contribution in [2.45, 2.75) is 18.9 Å². The Labute approximate surface area is 97.9 Å². The first-order chi connectivity index (χ1) is 8.12. The smallest absolute Gasteiger partial charge is 0.182 e. The largest absolute Gasteiger partial charge is 0.393 e. The van der Waals surface area contributed by atoms with Crippen molar-refractivity contribution in [1.82, 2.24) is 19.9 Å². The number of hydrogen-bond donors (Lipinski definition) is 4. The fourth-order valence-electron chi connectivity index (χ4n) is 1.43. The molecule has 4 N–H and O–H groups in total. The monoisotopic (exact) mass is 237 g/mol. The molecular formula is C10H15N5O2. The van der Waals surface area contributed by atoms with Crippen LogP contribution in [-0.2, 0) is 0 Å².